The van der Waals surface area contributed by atoms with Gasteiger partial charge in [-0.3, -0.25) is 9.59 Å². The van der Waals surface area contributed by atoms with Gasteiger partial charge >= 0.3 is 5.97 Å². The summed E-state index contributed by atoms with van der Waals surface area (Å²) in [5.41, 5.74) is 0.880. The Bertz CT molecular complexity index is 949. The van der Waals surface area contributed by atoms with Crippen LogP contribution in [-0.4, -0.2) is 64.2 Å². The molecule has 0 unspecified atom stereocenters. The topological polar surface area (TPSA) is 106 Å². The van der Waals surface area contributed by atoms with E-state index >= 15 is 0 Å². The monoisotopic (exact) mass is 433 g/mol. The fourth-order valence-corrected chi connectivity index (χ4v) is 2.65. The van der Waals surface area contributed by atoms with Gasteiger partial charge < -0.3 is 29.7 Å². The summed E-state index contributed by atoms with van der Waals surface area (Å²) in [6.07, 6.45) is 0. The van der Waals surface area contributed by atoms with Crippen molar-refractivity contribution in [2.75, 3.05) is 52.1 Å². The van der Waals surface area contributed by atoms with Gasteiger partial charge in [0.15, 0.2) is 11.5 Å². The second-order valence-corrected chi connectivity index (χ2v) is 6.40. The molecule has 0 saturated carbocycles. The van der Waals surface area contributed by atoms with Gasteiger partial charge in [0.25, 0.3) is 0 Å². The first-order valence-electron chi connectivity index (χ1n) is 9.16. The van der Waals surface area contributed by atoms with Crippen LogP contribution in [0.4, 0.5) is 15.8 Å². The van der Waals surface area contributed by atoms with Crippen LogP contribution in [0.25, 0.3) is 0 Å². The number of anilines is 2. The van der Waals surface area contributed by atoms with Crippen LogP contribution in [0.5, 0.6) is 11.5 Å². The predicted octanol–water partition coefficient (Wildman–Crippen LogP) is 2.14. The molecule has 0 spiro atoms. The number of hydrogen-bond donors (Lipinski definition) is 2. The maximum atomic E-state index is 12.9. The van der Waals surface area contributed by atoms with Crippen LogP contribution in [0.2, 0.25) is 0 Å². The van der Waals surface area contributed by atoms with Crippen molar-refractivity contribution < 1.29 is 33.0 Å². The zero-order valence-corrected chi connectivity index (χ0v) is 17.7. The van der Waals surface area contributed by atoms with Crippen LogP contribution in [0.1, 0.15) is 10.4 Å². The van der Waals surface area contributed by atoms with Crippen LogP contribution in [0.3, 0.4) is 0 Å². The fraction of sp³-hybridized carbons (Fsp3) is 0.286. The highest BCUT2D eigenvalue weighted by Crippen LogP contribution is 2.33. The Balaban J connectivity index is 2.02. The molecule has 2 aromatic carbocycles. The van der Waals surface area contributed by atoms with E-state index in [-0.39, 0.29) is 18.7 Å². The van der Waals surface area contributed by atoms with E-state index in [9.17, 15) is 18.8 Å². The molecule has 0 aliphatic heterocycles. The van der Waals surface area contributed by atoms with Crippen molar-refractivity contribution in [3.63, 3.8) is 0 Å². The van der Waals surface area contributed by atoms with Crippen molar-refractivity contribution in [1.29, 1.82) is 0 Å². The predicted molar refractivity (Wildman–Crippen MR) is 112 cm³/mol. The number of esters is 1. The standard InChI is InChI=1S/C21H24FN3O6/c1-25(12-19(26)24-14-7-5-13(22)6-8-14)20(27)11-23-16-10-18(30-3)17(29-2)9-15(16)21(28)31-4/h5-10,23H,11-12H2,1-4H3,(H,24,26). The third-order valence-corrected chi connectivity index (χ3v) is 4.29. The average Bonchev–Trinajstić information content (AvgIpc) is 2.77. The lowest BCUT2D eigenvalue weighted by molar-refractivity contribution is -0.131. The number of hydrogen-bond acceptors (Lipinski definition) is 7. The molecule has 0 atom stereocenters. The Hall–Kier alpha value is -3.82. The van der Waals surface area contributed by atoms with E-state index in [2.05, 4.69) is 10.6 Å². The number of likely N-dealkylation sites (N-methyl/N-ethyl adjacent to an activating group) is 1. The number of ether oxygens (including phenoxy) is 3. The van der Waals surface area contributed by atoms with Crippen molar-refractivity contribution in [1.82, 2.24) is 4.90 Å². The number of rotatable bonds is 9. The Labute approximate surface area is 179 Å². The minimum Gasteiger partial charge on any atom is -0.493 e. The Kier molecular flexibility index (Phi) is 8.18. The van der Waals surface area contributed by atoms with Gasteiger partial charge in [0.1, 0.15) is 5.82 Å². The Morgan fingerprint density at radius 2 is 1.61 bits per heavy atom. The molecule has 0 bridgehead atoms. The molecule has 0 heterocycles. The highest BCUT2D eigenvalue weighted by Gasteiger charge is 2.19. The van der Waals surface area contributed by atoms with E-state index in [1.807, 2.05) is 0 Å². The summed E-state index contributed by atoms with van der Waals surface area (Å²) in [5, 5.41) is 5.44. The van der Waals surface area contributed by atoms with E-state index in [0.717, 1.165) is 0 Å². The Morgan fingerprint density at radius 1 is 1.00 bits per heavy atom. The van der Waals surface area contributed by atoms with Gasteiger partial charge in [-0.05, 0) is 24.3 Å². The van der Waals surface area contributed by atoms with Gasteiger partial charge in [-0.1, -0.05) is 0 Å². The molecule has 0 saturated heterocycles. The maximum absolute atomic E-state index is 12.9. The summed E-state index contributed by atoms with van der Waals surface area (Å²) in [6, 6.07) is 8.23. The molecular formula is C21H24FN3O6. The molecule has 2 rings (SSSR count). The molecule has 166 valence electrons. The number of nitrogens with zero attached hydrogens (tertiary/aromatic N) is 1. The highest BCUT2D eigenvalue weighted by atomic mass is 19.1. The van der Waals surface area contributed by atoms with E-state index in [1.165, 1.54) is 69.7 Å². The first kappa shape index (κ1) is 23.5. The first-order valence-corrected chi connectivity index (χ1v) is 9.16. The molecule has 2 aromatic rings. The minimum atomic E-state index is -0.622. The van der Waals surface area contributed by atoms with E-state index in [4.69, 9.17) is 14.2 Å². The number of halogens is 1. The summed E-state index contributed by atoms with van der Waals surface area (Å²) in [4.78, 5) is 37.9. The zero-order valence-electron chi connectivity index (χ0n) is 17.7. The quantitative estimate of drug-likeness (QED) is 0.584. The lowest BCUT2D eigenvalue weighted by Crippen LogP contribution is -2.38. The van der Waals surface area contributed by atoms with Gasteiger partial charge in [0, 0.05) is 24.9 Å². The summed E-state index contributed by atoms with van der Waals surface area (Å²) in [5.74, 6) is -1.20. The van der Waals surface area contributed by atoms with Gasteiger partial charge in [0.2, 0.25) is 11.8 Å². The summed E-state index contributed by atoms with van der Waals surface area (Å²) in [7, 11) is 5.57. The Morgan fingerprint density at radius 3 is 2.19 bits per heavy atom. The molecule has 0 aromatic heterocycles. The lowest BCUT2D eigenvalue weighted by atomic mass is 10.1. The summed E-state index contributed by atoms with van der Waals surface area (Å²) < 4.78 is 28.1. The van der Waals surface area contributed by atoms with Gasteiger partial charge in [-0.15, -0.1) is 0 Å². The number of benzene rings is 2. The number of carbonyl (C=O) groups excluding carboxylic acids is 3. The van der Waals surface area contributed by atoms with Crippen molar-refractivity contribution in [2.24, 2.45) is 0 Å². The molecule has 9 nitrogen and oxygen atoms in total. The number of amides is 2. The summed E-state index contributed by atoms with van der Waals surface area (Å²) in [6.45, 7) is -0.409. The minimum absolute atomic E-state index is 0.157. The third-order valence-electron chi connectivity index (χ3n) is 4.29. The third kappa shape index (κ3) is 6.33. The molecule has 0 radical (unpaired) electrons. The van der Waals surface area contributed by atoms with Crippen molar-refractivity contribution in [3.05, 3.63) is 47.8 Å². The van der Waals surface area contributed by atoms with E-state index < -0.39 is 23.6 Å². The molecule has 31 heavy (non-hydrogen) atoms. The molecular weight excluding hydrogens is 409 g/mol. The van der Waals surface area contributed by atoms with Gasteiger partial charge in [-0.2, -0.15) is 0 Å². The molecule has 0 aliphatic carbocycles. The molecule has 0 aliphatic rings. The second kappa shape index (κ2) is 10.8. The lowest BCUT2D eigenvalue weighted by Gasteiger charge is -2.19. The largest absolute Gasteiger partial charge is 0.493 e. The maximum Gasteiger partial charge on any atom is 0.340 e. The summed E-state index contributed by atoms with van der Waals surface area (Å²) >= 11 is 0. The fourth-order valence-electron chi connectivity index (χ4n) is 2.65. The van der Waals surface area contributed by atoms with E-state index in [0.29, 0.717) is 22.9 Å². The normalized spacial score (nSPS) is 10.1. The number of carbonyl (C=O) groups is 3. The first-order chi connectivity index (χ1) is 14.8. The van der Waals surface area contributed by atoms with E-state index in [1.54, 1.807) is 0 Å². The van der Waals surface area contributed by atoms with Crippen molar-refractivity contribution in [2.45, 2.75) is 0 Å². The molecule has 0 fully saturated rings. The molecule has 2 amide bonds. The SMILES string of the molecule is COC(=O)c1cc(OC)c(OC)cc1NCC(=O)N(C)CC(=O)Nc1ccc(F)cc1. The second-order valence-electron chi connectivity index (χ2n) is 6.40. The van der Waals surface area contributed by atoms with Crippen LogP contribution in [0.15, 0.2) is 36.4 Å². The van der Waals surface area contributed by atoms with Crippen LogP contribution in [-0.2, 0) is 14.3 Å². The molecule has 10 heteroatoms. The van der Waals surface area contributed by atoms with Crippen LogP contribution >= 0.6 is 0 Å². The van der Waals surface area contributed by atoms with Crippen LogP contribution < -0.4 is 20.1 Å². The number of methoxy groups -OCH3 is 3. The molecule has 2 N–H and O–H groups in total. The highest BCUT2D eigenvalue weighted by molar-refractivity contribution is 5.98. The van der Waals surface area contributed by atoms with Gasteiger partial charge in [0.05, 0.1) is 45.7 Å². The van der Waals surface area contributed by atoms with Gasteiger partial charge in [-0.25, -0.2) is 9.18 Å². The number of nitrogens with one attached hydrogen (secondary N) is 2. The smallest absolute Gasteiger partial charge is 0.340 e. The van der Waals surface area contributed by atoms with Crippen molar-refractivity contribution in [3.8, 4) is 11.5 Å². The zero-order chi connectivity index (χ0) is 23.0. The average molecular weight is 433 g/mol. The van der Waals surface area contributed by atoms with Crippen molar-refractivity contribution >= 4 is 29.2 Å². The van der Waals surface area contributed by atoms with Crippen LogP contribution in [0, 0.1) is 5.82 Å².